The van der Waals surface area contributed by atoms with Gasteiger partial charge in [-0.25, -0.2) is 0 Å². The molecule has 0 radical (unpaired) electrons. The van der Waals surface area contributed by atoms with Crippen molar-refractivity contribution in [3.05, 3.63) is 0 Å². The second kappa shape index (κ2) is 6.97. The number of carbonyl (C=O) groups is 1. The molecule has 0 aromatic heterocycles. The highest BCUT2D eigenvalue weighted by Gasteiger charge is 2.23. The zero-order valence-corrected chi connectivity index (χ0v) is 11.4. The highest BCUT2D eigenvalue weighted by Crippen LogP contribution is 2.18. The molecule has 3 unspecified atom stereocenters. The predicted molar refractivity (Wildman–Crippen MR) is 70.7 cm³/mol. The summed E-state index contributed by atoms with van der Waals surface area (Å²) < 4.78 is 0. The van der Waals surface area contributed by atoms with Crippen LogP contribution >= 0.6 is 0 Å². The fraction of sp³-hybridized carbons (Fsp3) is 0.923. The van der Waals surface area contributed by atoms with Gasteiger partial charge >= 0.3 is 0 Å². The SMILES string of the molecule is CC(CN)C(=O)NCC(C)N1CCCCC1C. The molecule has 1 fully saturated rings. The first-order valence-corrected chi connectivity index (χ1v) is 6.79. The minimum Gasteiger partial charge on any atom is -0.354 e. The van der Waals surface area contributed by atoms with Crippen molar-refractivity contribution in [2.75, 3.05) is 19.6 Å². The molecule has 1 aliphatic heterocycles. The number of nitrogens with one attached hydrogen (secondary N) is 1. The fourth-order valence-corrected chi connectivity index (χ4v) is 2.42. The van der Waals surface area contributed by atoms with Gasteiger partial charge in [0.25, 0.3) is 0 Å². The molecule has 1 rings (SSSR count). The minimum atomic E-state index is -0.0824. The number of nitrogens with two attached hydrogens (primary N) is 1. The van der Waals surface area contributed by atoms with Crippen molar-refractivity contribution in [1.29, 1.82) is 0 Å². The van der Waals surface area contributed by atoms with Gasteiger partial charge in [0.05, 0.1) is 0 Å². The van der Waals surface area contributed by atoms with E-state index in [1.54, 1.807) is 0 Å². The summed E-state index contributed by atoms with van der Waals surface area (Å²) in [6.07, 6.45) is 3.89. The standard InChI is InChI=1S/C13H27N3O/c1-10(8-14)13(17)15-9-12(3)16-7-5-4-6-11(16)2/h10-12H,4-9,14H2,1-3H3,(H,15,17). The van der Waals surface area contributed by atoms with E-state index in [1.807, 2.05) is 6.92 Å². The highest BCUT2D eigenvalue weighted by atomic mass is 16.1. The van der Waals surface area contributed by atoms with Gasteiger partial charge in [-0.1, -0.05) is 13.3 Å². The van der Waals surface area contributed by atoms with E-state index in [2.05, 4.69) is 24.1 Å². The van der Waals surface area contributed by atoms with Crippen LogP contribution in [0.25, 0.3) is 0 Å². The Morgan fingerprint density at radius 3 is 2.76 bits per heavy atom. The lowest BCUT2D eigenvalue weighted by molar-refractivity contribution is -0.124. The van der Waals surface area contributed by atoms with E-state index < -0.39 is 0 Å². The number of hydrogen-bond donors (Lipinski definition) is 2. The Morgan fingerprint density at radius 2 is 2.18 bits per heavy atom. The molecule has 1 amide bonds. The molecule has 3 atom stereocenters. The number of hydrogen-bond acceptors (Lipinski definition) is 3. The van der Waals surface area contributed by atoms with Crippen LogP contribution < -0.4 is 11.1 Å². The highest BCUT2D eigenvalue weighted by molar-refractivity contribution is 5.78. The van der Waals surface area contributed by atoms with E-state index >= 15 is 0 Å². The van der Waals surface area contributed by atoms with Crippen molar-refractivity contribution in [1.82, 2.24) is 10.2 Å². The van der Waals surface area contributed by atoms with E-state index in [0.29, 0.717) is 18.6 Å². The van der Waals surface area contributed by atoms with Crippen LogP contribution in [0.4, 0.5) is 0 Å². The normalized spacial score (nSPS) is 25.3. The van der Waals surface area contributed by atoms with Crippen molar-refractivity contribution in [2.24, 2.45) is 11.7 Å². The molecule has 17 heavy (non-hydrogen) atoms. The molecule has 0 spiro atoms. The second-order valence-corrected chi connectivity index (χ2v) is 5.31. The summed E-state index contributed by atoms with van der Waals surface area (Å²) >= 11 is 0. The summed E-state index contributed by atoms with van der Waals surface area (Å²) in [5.41, 5.74) is 5.47. The molecule has 0 bridgehead atoms. The minimum absolute atomic E-state index is 0.0732. The third-order valence-corrected chi connectivity index (χ3v) is 3.79. The molecule has 0 aliphatic carbocycles. The topological polar surface area (TPSA) is 58.4 Å². The predicted octanol–water partition coefficient (Wildman–Crippen LogP) is 0.960. The van der Waals surface area contributed by atoms with Crippen LogP contribution in [-0.4, -0.2) is 42.5 Å². The average molecular weight is 241 g/mol. The fourth-order valence-electron chi connectivity index (χ4n) is 2.42. The van der Waals surface area contributed by atoms with Crippen molar-refractivity contribution in [3.8, 4) is 0 Å². The lowest BCUT2D eigenvalue weighted by Gasteiger charge is -2.38. The Labute approximate surface area is 105 Å². The van der Waals surface area contributed by atoms with Crippen LogP contribution in [0.15, 0.2) is 0 Å². The van der Waals surface area contributed by atoms with Crippen LogP contribution in [0.3, 0.4) is 0 Å². The maximum Gasteiger partial charge on any atom is 0.224 e. The lowest BCUT2D eigenvalue weighted by Crippen LogP contribution is -2.49. The molecule has 3 N–H and O–H groups in total. The first-order valence-electron chi connectivity index (χ1n) is 6.79. The molecule has 100 valence electrons. The molecule has 0 aromatic rings. The second-order valence-electron chi connectivity index (χ2n) is 5.31. The molecule has 0 saturated carbocycles. The number of carbonyl (C=O) groups excluding carboxylic acids is 1. The zero-order valence-electron chi connectivity index (χ0n) is 11.4. The Hall–Kier alpha value is -0.610. The summed E-state index contributed by atoms with van der Waals surface area (Å²) in [6, 6.07) is 1.06. The van der Waals surface area contributed by atoms with E-state index in [1.165, 1.54) is 19.3 Å². The lowest BCUT2D eigenvalue weighted by atomic mass is 10.0. The third kappa shape index (κ3) is 4.28. The van der Waals surface area contributed by atoms with Crippen molar-refractivity contribution < 1.29 is 4.79 Å². The summed E-state index contributed by atoms with van der Waals surface area (Å²) in [4.78, 5) is 14.1. The van der Waals surface area contributed by atoms with Crippen LogP contribution in [0.5, 0.6) is 0 Å². The first kappa shape index (κ1) is 14.5. The Morgan fingerprint density at radius 1 is 1.47 bits per heavy atom. The van der Waals surface area contributed by atoms with Crippen molar-refractivity contribution in [2.45, 2.75) is 52.1 Å². The van der Waals surface area contributed by atoms with Crippen LogP contribution in [-0.2, 0) is 4.79 Å². The van der Waals surface area contributed by atoms with E-state index in [-0.39, 0.29) is 11.8 Å². The Bertz CT molecular complexity index is 245. The van der Waals surface area contributed by atoms with Gasteiger partial charge in [-0.2, -0.15) is 0 Å². The van der Waals surface area contributed by atoms with E-state index in [9.17, 15) is 4.79 Å². The monoisotopic (exact) mass is 241 g/mol. The van der Waals surface area contributed by atoms with Crippen molar-refractivity contribution >= 4 is 5.91 Å². The van der Waals surface area contributed by atoms with Gasteiger partial charge in [0.2, 0.25) is 5.91 Å². The van der Waals surface area contributed by atoms with Gasteiger partial charge in [-0.05, 0) is 33.2 Å². The number of rotatable bonds is 5. The maximum atomic E-state index is 11.6. The van der Waals surface area contributed by atoms with Gasteiger partial charge in [0.15, 0.2) is 0 Å². The summed E-state index contributed by atoms with van der Waals surface area (Å²) in [5, 5.41) is 2.99. The van der Waals surface area contributed by atoms with Crippen LogP contribution in [0, 0.1) is 5.92 Å². The van der Waals surface area contributed by atoms with Gasteiger partial charge < -0.3 is 11.1 Å². The Balaban J connectivity index is 2.33. The molecule has 1 heterocycles. The summed E-state index contributed by atoms with van der Waals surface area (Å²) in [7, 11) is 0. The quantitative estimate of drug-likeness (QED) is 0.754. The number of amides is 1. The molecule has 4 heteroatoms. The maximum absolute atomic E-state index is 11.6. The largest absolute Gasteiger partial charge is 0.354 e. The van der Waals surface area contributed by atoms with Gasteiger partial charge in [0.1, 0.15) is 0 Å². The number of likely N-dealkylation sites (tertiary alicyclic amines) is 1. The van der Waals surface area contributed by atoms with Crippen LogP contribution in [0.1, 0.15) is 40.0 Å². The van der Waals surface area contributed by atoms with Crippen LogP contribution in [0.2, 0.25) is 0 Å². The Kier molecular flexibility index (Phi) is 5.92. The summed E-state index contributed by atoms with van der Waals surface area (Å²) in [6.45, 7) is 8.64. The first-order chi connectivity index (χ1) is 8.06. The van der Waals surface area contributed by atoms with Crippen molar-refractivity contribution in [3.63, 3.8) is 0 Å². The molecular formula is C13H27N3O. The molecule has 4 nitrogen and oxygen atoms in total. The van der Waals surface area contributed by atoms with Gasteiger partial charge in [-0.15, -0.1) is 0 Å². The molecular weight excluding hydrogens is 214 g/mol. The van der Waals surface area contributed by atoms with E-state index in [0.717, 1.165) is 13.1 Å². The van der Waals surface area contributed by atoms with E-state index in [4.69, 9.17) is 5.73 Å². The number of piperidine rings is 1. The zero-order chi connectivity index (χ0) is 12.8. The third-order valence-electron chi connectivity index (χ3n) is 3.79. The molecule has 1 saturated heterocycles. The van der Waals surface area contributed by atoms with Gasteiger partial charge in [0, 0.05) is 31.1 Å². The number of nitrogens with zero attached hydrogens (tertiary/aromatic N) is 1. The summed E-state index contributed by atoms with van der Waals surface area (Å²) in [5.74, 6) is -0.00927. The smallest absolute Gasteiger partial charge is 0.224 e. The van der Waals surface area contributed by atoms with Gasteiger partial charge in [-0.3, -0.25) is 9.69 Å². The molecule has 1 aliphatic rings. The average Bonchev–Trinajstić information content (AvgIpc) is 2.35. The molecule has 0 aromatic carbocycles.